The van der Waals surface area contributed by atoms with Gasteiger partial charge in [0.2, 0.25) is 94.5 Å². The van der Waals surface area contributed by atoms with Crippen molar-refractivity contribution in [1.29, 1.82) is 0 Å². The molecular formula is C80H100N20O28S. The Morgan fingerprint density at radius 1 is 0.512 bits per heavy atom. The number of fused-ring (bicyclic) bond motifs is 2. The number of carbonyl (C=O) groups is 20. The fourth-order valence-electron chi connectivity index (χ4n) is 12.8. The number of amides is 17. The summed E-state index contributed by atoms with van der Waals surface area (Å²) >= 11 is 0.676. The molecule has 7 rings (SSSR count). The number of nitrogens with one attached hydrogen (secondary N) is 16. The van der Waals surface area contributed by atoms with E-state index in [4.69, 9.17) is 15.3 Å². The molecule has 1 saturated heterocycles. The molecule has 0 saturated carbocycles. The van der Waals surface area contributed by atoms with Gasteiger partial charge in [-0.3, -0.25) is 101 Å². The maximum absolute atomic E-state index is 14.4. The number of aliphatic hydroxyl groups is 2. The molecule has 4 aromatic rings. The fourth-order valence-corrected chi connectivity index (χ4v) is 14.0. The van der Waals surface area contributed by atoms with Gasteiger partial charge in [0.05, 0.1) is 47.1 Å². The quantitative estimate of drug-likeness (QED) is 0.0125. The molecule has 1 fully saturated rings. The molecule has 4 heterocycles. The Morgan fingerprint density at radius 3 is 1.44 bits per heavy atom. The summed E-state index contributed by atoms with van der Waals surface area (Å²) in [6.45, 7) is 9.35. The van der Waals surface area contributed by atoms with Crippen molar-refractivity contribution >= 4 is 141 Å². The van der Waals surface area contributed by atoms with E-state index in [1.165, 1.54) is 73.6 Å². The Labute approximate surface area is 736 Å². The molecule has 0 radical (unpaired) electrons. The molecule has 24 N–H and O–H groups in total. The van der Waals surface area contributed by atoms with Crippen molar-refractivity contribution in [2.24, 2.45) is 5.73 Å². The van der Waals surface area contributed by atoms with E-state index in [1.807, 2.05) is 0 Å². The zero-order chi connectivity index (χ0) is 95.7. The van der Waals surface area contributed by atoms with Crippen LogP contribution >= 0.6 is 11.8 Å². The van der Waals surface area contributed by atoms with E-state index in [0.717, 1.165) is 73.3 Å². The maximum atomic E-state index is 14.4. The third-order valence-corrected chi connectivity index (χ3v) is 21.2. The number of carbonyl (C=O) groups excluding carboxylic acids is 17. The van der Waals surface area contributed by atoms with E-state index in [9.17, 15) is 126 Å². The number of likely N-dealkylation sites (tertiary alicyclic amines) is 1. The Morgan fingerprint density at radius 2 is 0.953 bits per heavy atom. The molecule has 48 nitrogen and oxygen atoms in total. The largest absolute Gasteiger partial charge is 0.508 e. The first-order valence-electron chi connectivity index (χ1n) is 40.0. The van der Waals surface area contributed by atoms with Crippen LogP contribution in [0, 0.1) is 0 Å². The van der Waals surface area contributed by atoms with Gasteiger partial charge in [0.15, 0.2) is 5.43 Å². The lowest BCUT2D eigenvalue weighted by atomic mass is 9.89. The van der Waals surface area contributed by atoms with Gasteiger partial charge in [0.25, 0.3) is 5.91 Å². The van der Waals surface area contributed by atoms with Gasteiger partial charge in [0.1, 0.15) is 95.6 Å². The second-order valence-electron chi connectivity index (χ2n) is 30.2. The van der Waals surface area contributed by atoms with Crippen LogP contribution in [-0.4, -0.2) is 289 Å². The lowest BCUT2D eigenvalue weighted by Crippen LogP contribution is -2.61. The summed E-state index contributed by atoms with van der Waals surface area (Å²) in [7, 11) is 0. The van der Waals surface area contributed by atoms with E-state index >= 15 is 0 Å². The van der Waals surface area contributed by atoms with Gasteiger partial charge in [0, 0.05) is 104 Å². The van der Waals surface area contributed by atoms with Gasteiger partial charge in [-0.25, -0.2) is 14.8 Å². The predicted octanol–water partition coefficient (Wildman–Crippen LogP) is -6.09. The molecule has 2 aromatic heterocycles. The number of rotatable bonds is 47. The first-order valence-corrected chi connectivity index (χ1v) is 41.0. The van der Waals surface area contributed by atoms with Gasteiger partial charge >= 0.3 is 17.9 Å². The number of imide groups is 1. The Bertz CT molecular complexity index is 5260. The average Bonchev–Trinajstić information content (AvgIpc) is 1.53. The van der Waals surface area contributed by atoms with Crippen LogP contribution in [0.4, 0.5) is 0 Å². The third kappa shape index (κ3) is 29.1. The number of nitrogens with two attached hydrogens (primary N) is 1. The number of primary amides is 1. The van der Waals surface area contributed by atoms with E-state index in [0.29, 0.717) is 17.1 Å². The number of aliphatic carboxylic acids is 2. The van der Waals surface area contributed by atoms with Crippen LogP contribution in [0.2, 0.25) is 0 Å². The molecular weight excluding hydrogens is 1720 g/mol. The number of benzene rings is 3. The lowest BCUT2D eigenvalue weighted by Gasteiger charge is -2.27. The molecule has 1 unspecified atom stereocenters. The highest BCUT2D eigenvalue weighted by Gasteiger charge is 2.42. The van der Waals surface area contributed by atoms with E-state index in [-0.39, 0.29) is 75.7 Å². The maximum Gasteiger partial charge on any atom is 0.336 e. The standard InChI is InChI=1S/C80H100N20O28S/c1-33(88-69(115)36(4)92-77(123)63(39(7)101)99-75(121)54(24-44-29-83-32-86-44)95-73(119)52(93-41(9)103)17-19-61(109)110)66(112)89-37(5)70(116)97-55(30-129-58-27-59(106)100(79(58)125)21-20-84-72(118)42-10-13-47(80(126)127)50(22-42)62-48-14-11-45(104)25-56(48)128-57-26-46(105)12-15-49(57)62)76(122)91-35(3)68(114)87-34(2)67(113)90-38(6)71(117)98-64(40(8)102)78(124)96-53(23-43-28-82-31-85-43)74(120)94-51(65(81)111)16-18-60(107)108/h10-15,22,25-26,28-29,31-40,51-55,58,63-64,101-102,104H,16-21,23-24,27,30H2,1-9H3,(H2,81,111)(H,82,85)(H,83,86)(H,84,118)(H,87,114)(H,88,115)(H,89,112)(H,90,113)(H,91,122)(H,92,123)(H,93,103)(H,94,120)(H,95,119)(H,96,124)(H,97,116)(H,98,117)(H,99,121)(H,107,108)(H,109,110)(H,126,127)/t33-,34-,35-,36-,37-,38-,39-,40-,51+,52+,53+,54+,55-,58?,63+,64+/m1/s1. The highest BCUT2D eigenvalue weighted by atomic mass is 32.2. The Kier molecular flexibility index (Phi) is 36.5. The van der Waals surface area contributed by atoms with Crippen molar-refractivity contribution in [1.82, 2.24) is 99.3 Å². The molecule has 129 heavy (non-hydrogen) atoms. The molecule has 49 heteroatoms. The van der Waals surface area contributed by atoms with Gasteiger partial charge in [-0.15, -0.1) is 11.8 Å². The summed E-state index contributed by atoms with van der Waals surface area (Å²) in [6.07, 6.45) is -1.30. The van der Waals surface area contributed by atoms with Crippen LogP contribution in [0.5, 0.6) is 5.75 Å². The Hall–Kier alpha value is -14.8. The monoisotopic (exact) mass is 1820 g/mol. The van der Waals surface area contributed by atoms with Crippen molar-refractivity contribution in [3.63, 3.8) is 0 Å². The number of carboxylic acids is 3. The number of thioether (sulfide) groups is 1. The van der Waals surface area contributed by atoms with Crippen LogP contribution in [0.15, 0.2) is 88.9 Å². The minimum atomic E-state index is -1.84. The van der Waals surface area contributed by atoms with Crippen molar-refractivity contribution in [3.05, 3.63) is 112 Å². The number of aromatic nitrogens is 4. The van der Waals surface area contributed by atoms with Crippen LogP contribution in [0.25, 0.3) is 33.4 Å². The number of H-pyrrole nitrogens is 2. The van der Waals surface area contributed by atoms with E-state index in [1.54, 1.807) is 0 Å². The van der Waals surface area contributed by atoms with Crippen molar-refractivity contribution < 1.29 is 131 Å². The zero-order valence-electron chi connectivity index (χ0n) is 70.8. The van der Waals surface area contributed by atoms with E-state index in [2.05, 4.69) is 94.4 Å². The molecule has 3 aliphatic rings. The number of nitrogens with zero attached hydrogens (tertiary/aromatic N) is 3. The molecule has 2 aromatic carbocycles. The number of aromatic hydroxyl groups is 1. The van der Waals surface area contributed by atoms with Crippen molar-refractivity contribution in [2.75, 3.05) is 18.8 Å². The van der Waals surface area contributed by atoms with Gasteiger partial charge in [-0.05, 0) is 116 Å². The number of imidazole rings is 2. The smallest absolute Gasteiger partial charge is 0.336 e. The van der Waals surface area contributed by atoms with Gasteiger partial charge in [-0.1, -0.05) is 0 Å². The second kappa shape index (κ2) is 46.4. The number of carboxylic acid groups (broad SMARTS) is 3. The number of phenolic OH excluding ortho intramolecular Hbond substituents is 1. The highest BCUT2D eigenvalue weighted by Crippen LogP contribution is 2.42. The number of aliphatic hydroxyl groups excluding tert-OH is 2. The topological polar surface area (TPSA) is 748 Å². The van der Waals surface area contributed by atoms with Gasteiger partial charge < -0.3 is 125 Å². The highest BCUT2D eigenvalue weighted by molar-refractivity contribution is 8.00. The number of hydrogen-bond donors (Lipinski definition) is 23. The van der Waals surface area contributed by atoms with Crippen LogP contribution in [-0.2, 0) is 99.1 Å². The average molecular weight is 1820 g/mol. The summed E-state index contributed by atoms with van der Waals surface area (Å²) in [4.78, 5) is 293. The van der Waals surface area contributed by atoms with Crippen LogP contribution in [0.1, 0.15) is 127 Å². The van der Waals surface area contributed by atoms with Crippen molar-refractivity contribution in [3.8, 4) is 28.2 Å². The lowest BCUT2D eigenvalue weighted by molar-refractivity contribution is -0.139. The van der Waals surface area contributed by atoms with Gasteiger partial charge in [-0.2, -0.15) is 0 Å². The number of aromatic carboxylic acids is 1. The summed E-state index contributed by atoms with van der Waals surface area (Å²) in [5, 5.41) is 92.4. The summed E-state index contributed by atoms with van der Waals surface area (Å²) in [6, 6.07) is -9.52. The normalized spacial score (nSPS) is 15.9. The fraction of sp³-hybridized carbons (Fsp3) is 0.438. The molecule has 16 atom stereocenters. The summed E-state index contributed by atoms with van der Waals surface area (Å²) in [5.74, 6) is -22.0. The zero-order valence-corrected chi connectivity index (χ0v) is 71.6. The third-order valence-electron chi connectivity index (χ3n) is 19.9. The first kappa shape index (κ1) is 101. The van der Waals surface area contributed by atoms with Crippen LogP contribution in [0.3, 0.4) is 0 Å². The number of hydrogen-bond acceptors (Lipinski definition) is 28. The SMILES string of the molecule is CC(=O)N[C@@H](CCC(=O)O)C(=O)N[C@@H](Cc1c[nH]cn1)C(=O)N[C@H](C(=O)N[C@H](C)C(=O)N[C@H](C)C(=O)N[C@H](C)C(=O)N[C@H](CSC1CC(=O)N(CCNC(=O)c2ccc(C(=O)O)c(-c3c4ccc(=O)cc-4oc4cc(O)ccc34)c2)C1=O)C(=O)N[C@H](C)C(=O)N[C@H](C)C(=O)N[C@H](C)C(=O)N[C@H](C(=O)N[C@@H](Cc1c[nH]cn1)C(=O)N[C@@H](CCC(=O)O)C(N)=O)[C@@H](C)O)[C@@H](C)O. The molecule has 0 bridgehead atoms. The minimum Gasteiger partial charge on any atom is -0.508 e. The number of aromatic amines is 2. The summed E-state index contributed by atoms with van der Waals surface area (Å²) < 4.78 is 5.91. The summed E-state index contributed by atoms with van der Waals surface area (Å²) in [5.41, 5.74) is 5.56. The van der Waals surface area contributed by atoms with Crippen LogP contribution < -0.4 is 85.6 Å². The molecule has 0 spiro atoms. The van der Waals surface area contributed by atoms with Crippen molar-refractivity contribution in [2.45, 2.75) is 203 Å². The minimum absolute atomic E-state index is 0.00309. The molecule has 2 aliphatic heterocycles. The Balaban J connectivity index is 1.01. The number of phenols is 1. The van der Waals surface area contributed by atoms with E-state index < -0.39 is 264 Å². The predicted molar refractivity (Wildman–Crippen MR) is 449 cm³/mol. The molecule has 1 aliphatic carbocycles. The molecule has 17 amide bonds. The molecule has 694 valence electrons. The second-order valence-corrected chi connectivity index (χ2v) is 31.4. The first-order chi connectivity index (χ1) is 60.7.